The van der Waals surface area contributed by atoms with Gasteiger partial charge in [-0.05, 0) is 36.5 Å². The molecule has 0 N–H and O–H groups in total. The van der Waals surface area contributed by atoms with Crippen LogP contribution in [0.1, 0.15) is 35.2 Å². The fraction of sp³-hybridized carbons (Fsp3) is 0.538. The number of hydrogen-bond donors (Lipinski definition) is 0. The van der Waals surface area contributed by atoms with Crippen molar-refractivity contribution < 1.29 is 4.74 Å². The lowest BCUT2D eigenvalue weighted by atomic mass is 9.80. The first-order chi connectivity index (χ1) is 7.75. The molecule has 86 valence electrons. The van der Waals surface area contributed by atoms with Crippen LogP contribution in [0.15, 0.2) is 12.1 Å². The summed E-state index contributed by atoms with van der Waals surface area (Å²) in [5, 5.41) is 0.836. The van der Waals surface area contributed by atoms with Gasteiger partial charge in [0.1, 0.15) is 5.75 Å². The Balaban J connectivity index is 1.99. The average Bonchev–Trinajstić information content (AvgIpc) is 2.60. The summed E-state index contributed by atoms with van der Waals surface area (Å²) in [5.41, 5.74) is 2.52. The van der Waals surface area contributed by atoms with Crippen LogP contribution in [-0.4, -0.2) is 6.61 Å². The minimum atomic E-state index is 0.409. The molecule has 2 aliphatic rings. The van der Waals surface area contributed by atoms with Crippen molar-refractivity contribution in [2.75, 3.05) is 6.61 Å². The van der Waals surface area contributed by atoms with Crippen molar-refractivity contribution in [2.45, 2.75) is 30.5 Å². The van der Waals surface area contributed by atoms with Gasteiger partial charge in [-0.1, -0.05) is 34.0 Å². The first kappa shape index (κ1) is 10.9. The summed E-state index contributed by atoms with van der Waals surface area (Å²) in [4.78, 5) is 0.409. The summed E-state index contributed by atoms with van der Waals surface area (Å²) in [6.45, 7) is 0.799. The van der Waals surface area contributed by atoms with Crippen molar-refractivity contribution in [1.82, 2.24) is 0 Å². The number of benzene rings is 1. The Labute approximate surface area is 109 Å². The van der Waals surface area contributed by atoms with Gasteiger partial charge in [0.05, 0.1) is 6.61 Å². The van der Waals surface area contributed by atoms with E-state index < -0.39 is 0 Å². The Bertz CT molecular complexity index is 415. The maximum Gasteiger partial charge on any atom is 0.127 e. The maximum atomic E-state index is 6.16. The lowest BCUT2D eigenvalue weighted by Crippen LogP contribution is -2.16. The summed E-state index contributed by atoms with van der Waals surface area (Å²) >= 11 is 9.97. The van der Waals surface area contributed by atoms with Crippen LogP contribution in [0.2, 0.25) is 5.02 Å². The molecule has 1 aromatic carbocycles. The Morgan fingerprint density at radius 3 is 2.88 bits per heavy atom. The molecule has 0 spiro atoms. The number of ether oxygens (including phenoxy) is 1. The van der Waals surface area contributed by atoms with Crippen molar-refractivity contribution in [3.63, 3.8) is 0 Å². The molecule has 16 heavy (non-hydrogen) atoms. The molecule has 1 unspecified atom stereocenters. The molecule has 1 nitrogen and oxygen atoms in total. The molecular formula is C13H14BrClO. The fourth-order valence-corrected chi connectivity index (χ4v) is 3.61. The second-order valence-electron chi connectivity index (χ2n) is 4.67. The van der Waals surface area contributed by atoms with Crippen LogP contribution in [0.3, 0.4) is 0 Å². The quantitative estimate of drug-likeness (QED) is 0.730. The molecule has 1 aliphatic carbocycles. The van der Waals surface area contributed by atoms with E-state index in [9.17, 15) is 0 Å². The Morgan fingerprint density at radius 1 is 1.38 bits per heavy atom. The van der Waals surface area contributed by atoms with Gasteiger partial charge < -0.3 is 4.74 Å². The highest BCUT2D eigenvalue weighted by Gasteiger charge is 2.30. The van der Waals surface area contributed by atoms with Gasteiger partial charge in [0.2, 0.25) is 0 Å². The average molecular weight is 302 g/mol. The molecule has 3 rings (SSSR count). The predicted molar refractivity (Wildman–Crippen MR) is 69.7 cm³/mol. The van der Waals surface area contributed by atoms with E-state index in [0.29, 0.717) is 4.83 Å². The van der Waals surface area contributed by atoms with E-state index in [1.807, 2.05) is 6.07 Å². The van der Waals surface area contributed by atoms with Crippen molar-refractivity contribution in [3.05, 3.63) is 28.3 Å². The van der Waals surface area contributed by atoms with E-state index in [-0.39, 0.29) is 0 Å². The van der Waals surface area contributed by atoms with Crippen molar-refractivity contribution in [1.29, 1.82) is 0 Å². The van der Waals surface area contributed by atoms with Gasteiger partial charge in [-0.3, -0.25) is 0 Å². The van der Waals surface area contributed by atoms with E-state index in [1.54, 1.807) is 0 Å². The SMILES string of the molecule is Clc1cc2c(c(C(Br)C3CCC3)c1)OCC2. The van der Waals surface area contributed by atoms with E-state index >= 15 is 0 Å². The molecule has 1 saturated carbocycles. The van der Waals surface area contributed by atoms with Crippen LogP contribution in [0.4, 0.5) is 0 Å². The van der Waals surface area contributed by atoms with Crippen LogP contribution in [0, 0.1) is 5.92 Å². The lowest BCUT2D eigenvalue weighted by molar-refractivity contribution is 0.303. The van der Waals surface area contributed by atoms with Crippen molar-refractivity contribution in [2.24, 2.45) is 5.92 Å². The Hall–Kier alpha value is -0.210. The maximum absolute atomic E-state index is 6.16. The van der Waals surface area contributed by atoms with Crippen LogP contribution in [0.5, 0.6) is 5.75 Å². The number of fused-ring (bicyclic) bond motifs is 1. The van der Waals surface area contributed by atoms with E-state index in [0.717, 1.165) is 29.7 Å². The van der Waals surface area contributed by atoms with Gasteiger partial charge in [-0.15, -0.1) is 0 Å². The second kappa shape index (κ2) is 4.23. The standard InChI is InChI=1S/C13H14BrClO/c14-12(8-2-1-3-8)11-7-10(15)6-9-4-5-16-13(9)11/h6-8,12H,1-5H2. The van der Waals surface area contributed by atoms with Gasteiger partial charge in [-0.25, -0.2) is 0 Å². The van der Waals surface area contributed by atoms with Gasteiger partial charge in [0.25, 0.3) is 0 Å². The number of halogens is 2. The molecule has 0 aromatic heterocycles. The highest BCUT2D eigenvalue weighted by atomic mass is 79.9. The first-order valence-corrected chi connectivity index (χ1v) is 7.14. The highest BCUT2D eigenvalue weighted by molar-refractivity contribution is 9.09. The molecule has 1 aromatic rings. The van der Waals surface area contributed by atoms with Crippen LogP contribution in [-0.2, 0) is 6.42 Å². The number of rotatable bonds is 2. The molecule has 1 fully saturated rings. The Kier molecular flexibility index (Phi) is 2.88. The summed E-state index contributed by atoms with van der Waals surface area (Å²) in [5.74, 6) is 1.84. The zero-order valence-corrected chi connectivity index (χ0v) is 11.4. The Morgan fingerprint density at radius 2 is 2.19 bits per heavy atom. The van der Waals surface area contributed by atoms with E-state index in [2.05, 4.69) is 22.0 Å². The minimum absolute atomic E-state index is 0.409. The third kappa shape index (κ3) is 1.76. The van der Waals surface area contributed by atoms with Gasteiger partial charge >= 0.3 is 0 Å². The second-order valence-corrected chi connectivity index (χ2v) is 6.10. The molecule has 0 radical (unpaired) electrons. The third-order valence-corrected chi connectivity index (χ3v) is 5.10. The van der Waals surface area contributed by atoms with Crippen LogP contribution in [0.25, 0.3) is 0 Å². The third-order valence-electron chi connectivity index (χ3n) is 3.64. The topological polar surface area (TPSA) is 9.23 Å². The summed E-state index contributed by atoms with van der Waals surface area (Å²) < 4.78 is 5.74. The normalized spacial score (nSPS) is 21.1. The van der Waals surface area contributed by atoms with Crippen LogP contribution < -0.4 is 4.74 Å². The minimum Gasteiger partial charge on any atom is -0.493 e. The number of hydrogen-bond acceptors (Lipinski definition) is 1. The smallest absolute Gasteiger partial charge is 0.127 e. The molecule has 0 amide bonds. The molecular weight excluding hydrogens is 287 g/mol. The van der Waals surface area contributed by atoms with Crippen molar-refractivity contribution >= 4 is 27.5 Å². The molecule has 1 atom stereocenters. The largest absolute Gasteiger partial charge is 0.493 e. The lowest BCUT2D eigenvalue weighted by Gasteiger charge is -2.31. The fourth-order valence-electron chi connectivity index (χ4n) is 2.49. The zero-order valence-electron chi connectivity index (χ0n) is 9.01. The predicted octanol–water partition coefficient (Wildman–Crippen LogP) is 4.51. The monoisotopic (exact) mass is 300 g/mol. The van der Waals surface area contributed by atoms with Gasteiger partial charge in [0, 0.05) is 21.8 Å². The summed E-state index contributed by atoms with van der Waals surface area (Å²) in [6.07, 6.45) is 4.98. The van der Waals surface area contributed by atoms with Gasteiger partial charge in [0.15, 0.2) is 0 Å². The van der Waals surface area contributed by atoms with E-state index in [1.165, 1.54) is 30.4 Å². The summed E-state index contributed by atoms with van der Waals surface area (Å²) in [7, 11) is 0. The molecule has 0 saturated heterocycles. The molecule has 3 heteroatoms. The molecule has 0 bridgehead atoms. The van der Waals surface area contributed by atoms with Gasteiger partial charge in [-0.2, -0.15) is 0 Å². The molecule has 1 aliphatic heterocycles. The highest BCUT2D eigenvalue weighted by Crippen LogP contribution is 2.48. The first-order valence-electron chi connectivity index (χ1n) is 5.85. The summed E-state index contributed by atoms with van der Waals surface area (Å²) in [6, 6.07) is 4.09. The number of alkyl halides is 1. The van der Waals surface area contributed by atoms with Crippen molar-refractivity contribution in [3.8, 4) is 5.75 Å². The zero-order chi connectivity index (χ0) is 11.1. The van der Waals surface area contributed by atoms with E-state index in [4.69, 9.17) is 16.3 Å². The molecule has 1 heterocycles. The van der Waals surface area contributed by atoms with Crippen LogP contribution >= 0.6 is 27.5 Å².